The zero-order chi connectivity index (χ0) is 19.4. The van der Waals surface area contributed by atoms with Crippen LogP contribution in [0.5, 0.6) is 0 Å². The van der Waals surface area contributed by atoms with E-state index >= 15 is 0 Å². The zero-order valence-electron chi connectivity index (χ0n) is 16.2. The summed E-state index contributed by atoms with van der Waals surface area (Å²) in [5.41, 5.74) is 1.73. The van der Waals surface area contributed by atoms with Crippen molar-refractivity contribution in [2.75, 3.05) is 5.32 Å². The second kappa shape index (κ2) is 8.24. The van der Waals surface area contributed by atoms with Gasteiger partial charge in [0.1, 0.15) is 5.82 Å². The molecule has 0 bridgehead atoms. The van der Waals surface area contributed by atoms with Gasteiger partial charge in [-0.05, 0) is 31.9 Å². The third kappa shape index (κ3) is 3.82. The van der Waals surface area contributed by atoms with Crippen molar-refractivity contribution in [3.63, 3.8) is 0 Å². The summed E-state index contributed by atoms with van der Waals surface area (Å²) < 4.78 is 5.29. The van der Waals surface area contributed by atoms with Crippen LogP contribution in [-0.4, -0.2) is 24.8 Å². The second-order valence-electron chi connectivity index (χ2n) is 6.79. The lowest BCUT2D eigenvalue weighted by atomic mass is 10.3. The molecule has 3 rings (SSSR count). The minimum absolute atomic E-state index is 0.0597. The molecule has 0 aliphatic rings. The van der Waals surface area contributed by atoms with Gasteiger partial charge in [0.25, 0.3) is 0 Å². The number of hydrogen-bond acceptors (Lipinski definition) is 3. The van der Waals surface area contributed by atoms with E-state index in [-0.39, 0.29) is 24.1 Å². The Hall–Kier alpha value is -2.83. The number of imidazole rings is 1. The van der Waals surface area contributed by atoms with E-state index in [2.05, 4.69) is 24.3 Å². The number of benzene rings is 1. The van der Waals surface area contributed by atoms with Crippen LogP contribution in [0.4, 0.5) is 5.82 Å². The number of anilines is 1. The van der Waals surface area contributed by atoms with Crippen molar-refractivity contribution in [3.8, 4) is 0 Å². The minimum Gasteiger partial charge on any atom is -0.311 e. The van der Waals surface area contributed by atoms with Crippen molar-refractivity contribution in [3.05, 3.63) is 47.0 Å². The molecule has 1 aromatic carbocycles. The monoisotopic (exact) mass is 369 g/mol. The summed E-state index contributed by atoms with van der Waals surface area (Å²) in [7, 11) is 0. The van der Waals surface area contributed by atoms with Gasteiger partial charge in [-0.2, -0.15) is 5.10 Å². The van der Waals surface area contributed by atoms with Gasteiger partial charge in [0.2, 0.25) is 5.91 Å². The molecule has 1 amide bonds. The van der Waals surface area contributed by atoms with E-state index in [0.29, 0.717) is 18.9 Å². The van der Waals surface area contributed by atoms with Crippen LogP contribution >= 0.6 is 0 Å². The van der Waals surface area contributed by atoms with Crippen LogP contribution in [0, 0.1) is 0 Å². The first-order chi connectivity index (χ1) is 13.1. The highest BCUT2D eigenvalue weighted by molar-refractivity contribution is 5.90. The molecule has 144 valence electrons. The molecule has 0 fully saturated rings. The number of fused-ring (bicyclic) bond motifs is 1. The maximum absolute atomic E-state index is 12.8. The molecule has 2 heterocycles. The van der Waals surface area contributed by atoms with E-state index in [0.717, 1.165) is 23.9 Å². The Morgan fingerprint density at radius 3 is 2.41 bits per heavy atom. The van der Waals surface area contributed by atoms with Gasteiger partial charge in [-0.15, -0.1) is 0 Å². The Bertz CT molecular complexity index is 982. The van der Waals surface area contributed by atoms with Gasteiger partial charge in [-0.3, -0.25) is 13.9 Å². The van der Waals surface area contributed by atoms with Gasteiger partial charge >= 0.3 is 5.69 Å². The number of hydrogen-bond donors (Lipinski definition) is 1. The van der Waals surface area contributed by atoms with Gasteiger partial charge in [0.05, 0.1) is 23.3 Å². The van der Waals surface area contributed by atoms with Crippen LogP contribution in [-0.2, 0) is 17.9 Å². The van der Waals surface area contributed by atoms with E-state index in [1.165, 1.54) is 0 Å². The van der Waals surface area contributed by atoms with Crippen LogP contribution in [0.1, 0.15) is 46.1 Å². The van der Waals surface area contributed by atoms with E-state index in [1.807, 2.05) is 35.9 Å². The Morgan fingerprint density at radius 1 is 1.11 bits per heavy atom. The summed E-state index contributed by atoms with van der Waals surface area (Å²) >= 11 is 0. The lowest BCUT2D eigenvalue weighted by Gasteiger charge is -2.14. The normalized spacial score (nSPS) is 12.4. The summed E-state index contributed by atoms with van der Waals surface area (Å²) in [6.07, 6.45) is 3.72. The molecule has 0 spiro atoms. The van der Waals surface area contributed by atoms with Gasteiger partial charge < -0.3 is 5.32 Å². The summed E-state index contributed by atoms with van der Waals surface area (Å²) in [5.74, 6) is 0.564. The highest BCUT2D eigenvalue weighted by atomic mass is 16.2. The van der Waals surface area contributed by atoms with Crippen LogP contribution in [0.25, 0.3) is 11.0 Å². The number of carbonyl (C=O) groups excluding carboxylic acids is 1. The average Bonchev–Trinajstić information content (AvgIpc) is 3.23. The van der Waals surface area contributed by atoms with E-state index in [1.54, 1.807) is 21.4 Å². The topological polar surface area (TPSA) is 73.8 Å². The third-order valence-electron chi connectivity index (χ3n) is 4.88. The molecule has 7 nitrogen and oxygen atoms in total. The fourth-order valence-corrected chi connectivity index (χ4v) is 3.28. The molecule has 1 atom stereocenters. The van der Waals surface area contributed by atoms with Crippen molar-refractivity contribution in [1.29, 1.82) is 0 Å². The fourth-order valence-electron chi connectivity index (χ4n) is 3.28. The van der Waals surface area contributed by atoms with Crippen molar-refractivity contribution in [2.24, 2.45) is 0 Å². The Labute approximate surface area is 158 Å². The van der Waals surface area contributed by atoms with Crippen LogP contribution in [0.2, 0.25) is 0 Å². The Morgan fingerprint density at radius 2 is 1.78 bits per heavy atom. The van der Waals surface area contributed by atoms with Crippen LogP contribution < -0.4 is 11.0 Å². The molecular formula is C20H27N5O2. The highest BCUT2D eigenvalue weighted by Crippen LogP contribution is 2.17. The van der Waals surface area contributed by atoms with Crippen LogP contribution in [0.15, 0.2) is 41.3 Å². The molecule has 0 aliphatic carbocycles. The maximum Gasteiger partial charge on any atom is 0.329 e. The highest BCUT2D eigenvalue weighted by Gasteiger charge is 2.15. The second-order valence-corrected chi connectivity index (χ2v) is 6.79. The summed E-state index contributed by atoms with van der Waals surface area (Å²) in [4.78, 5) is 25.2. The molecule has 0 saturated carbocycles. The molecule has 0 radical (unpaired) electrons. The average molecular weight is 369 g/mol. The fraction of sp³-hybridized carbons (Fsp3) is 0.450. The van der Waals surface area contributed by atoms with Gasteiger partial charge in [0, 0.05) is 25.6 Å². The third-order valence-corrected chi connectivity index (χ3v) is 4.88. The first kappa shape index (κ1) is 18.9. The lowest BCUT2D eigenvalue weighted by molar-refractivity contribution is -0.116. The predicted octanol–water partition coefficient (Wildman–Crippen LogP) is 3.41. The molecule has 2 aromatic heterocycles. The number of aromatic nitrogens is 4. The molecule has 0 saturated heterocycles. The summed E-state index contributed by atoms with van der Waals surface area (Å²) in [5, 5.41) is 7.20. The van der Waals surface area contributed by atoms with Gasteiger partial charge in [-0.25, -0.2) is 9.48 Å². The smallest absolute Gasteiger partial charge is 0.311 e. The lowest BCUT2D eigenvalue weighted by Crippen LogP contribution is -2.26. The number of amides is 1. The van der Waals surface area contributed by atoms with Crippen molar-refractivity contribution >= 4 is 22.8 Å². The van der Waals surface area contributed by atoms with E-state index in [4.69, 9.17) is 0 Å². The van der Waals surface area contributed by atoms with Gasteiger partial charge in [-0.1, -0.05) is 26.0 Å². The number of para-hydroxylation sites is 2. The molecule has 0 aliphatic heterocycles. The zero-order valence-corrected chi connectivity index (χ0v) is 16.2. The molecular weight excluding hydrogens is 342 g/mol. The largest absolute Gasteiger partial charge is 0.329 e. The quantitative estimate of drug-likeness (QED) is 0.661. The van der Waals surface area contributed by atoms with E-state index in [9.17, 15) is 9.59 Å². The molecule has 1 N–H and O–H groups in total. The van der Waals surface area contributed by atoms with E-state index < -0.39 is 0 Å². The number of rotatable bonds is 8. The molecule has 3 aromatic rings. The molecule has 1 unspecified atom stereocenters. The summed E-state index contributed by atoms with van der Waals surface area (Å²) in [6, 6.07) is 9.74. The standard InChI is InChI=1S/C20H27N5O2/c1-4-13-23-16-8-6-7-9-17(16)24(20(23)27)14-11-19(26)22-18-10-12-21-25(18)15(3)5-2/h6-10,12,15H,4-5,11,13-14H2,1-3H3,(H,22,26). The number of nitrogens with zero attached hydrogens (tertiary/aromatic N) is 4. The SMILES string of the molecule is CCCn1c(=O)n(CCC(=O)Nc2ccnn2C(C)CC)c2ccccc21. The maximum atomic E-state index is 12.8. The van der Waals surface area contributed by atoms with Crippen molar-refractivity contribution < 1.29 is 4.79 Å². The van der Waals surface area contributed by atoms with Crippen molar-refractivity contribution in [1.82, 2.24) is 18.9 Å². The number of aryl methyl sites for hydroxylation is 2. The number of carbonyl (C=O) groups is 1. The minimum atomic E-state index is -0.126. The first-order valence-corrected chi connectivity index (χ1v) is 9.58. The van der Waals surface area contributed by atoms with Crippen LogP contribution in [0.3, 0.4) is 0 Å². The Balaban J connectivity index is 1.76. The molecule has 27 heavy (non-hydrogen) atoms. The van der Waals surface area contributed by atoms with Crippen molar-refractivity contribution in [2.45, 2.75) is 59.2 Å². The number of nitrogens with one attached hydrogen (secondary N) is 1. The van der Waals surface area contributed by atoms with Gasteiger partial charge in [0.15, 0.2) is 0 Å². The Kier molecular flexibility index (Phi) is 5.78. The summed E-state index contributed by atoms with van der Waals surface area (Å²) in [6.45, 7) is 7.21. The predicted molar refractivity (Wildman–Crippen MR) is 107 cm³/mol. The molecule has 7 heteroatoms. The first-order valence-electron chi connectivity index (χ1n) is 9.58.